The largest absolute Gasteiger partial charge is 0.489 e. The molecular weight excluding hydrogens is 276 g/mol. The molecule has 0 fully saturated rings. The van der Waals surface area contributed by atoms with Crippen LogP contribution in [0.4, 0.5) is 0 Å². The highest BCUT2D eigenvalue weighted by molar-refractivity contribution is 6.30. The number of hydrogen-bond donors (Lipinski definition) is 0. The Morgan fingerprint density at radius 3 is 2.95 bits per heavy atom. The fraction of sp³-hybridized carbons (Fsp3) is 0.188. The molecule has 3 rings (SSSR count). The number of fused-ring (bicyclic) bond motifs is 1. The number of rotatable bonds is 4. The molecule has 3 nitrogen and oxygen atoms in total. The Hall–Kier alpha value is -2.00. The minimum Gasteiger partial charge on any atom is -0.489 e. The number of ether oxygens (including phenoxy) is 2. The zero-order valence-corrected chi connectivity index (χ0v) is 11.5. The first kappa shape index (κ1) is 13.0. The van der Waals surface area contributed by atoms with Crippen LogP contribution in [0.15, 0.2) is 42.5 Å². The lowest BCUT2D eigenvalue weighted by Crippen LogP contribution is -2.22. The van der Waals surface area contributed by atoms with Gasteiger partial charge >= 0.3 is 0 Å². The standard InChI is InChI=1S/C16H13ClO3/c17-13-5-6-15(12(7-13)9-18)19-10-14-8-11-3-1-2-4-16(11)20-14/h1-7,9,14H,8,10H2. The number of carbonyl (C=O) groups is 1. The summed E-state index contributed by atoms with van der Waals surface area (Å²) in [5.74, 6) is 1.44. The summed E-state index contributed by atoms with van der Waals surface area (Å²) in [7, 11) is 0. The maximum absolute atomic E-state index is 11.0. The molecule has 0 saturated carbocycles. The first-order chi connectivity index (χ1) is 9.76. The Kier molecular flexibility index (Phi) is 3.61. The van der Waals surface area contributed by atoms with Gasteiger partial charge in [-0.1, -0.05) is 29.8 Å². The average molecular weight is 289 g/mol. The van der Waals surface area contributed by atoms with Gasteiger partial charge in [0.05, 0.1) is 5.56 Å². The molecule has 1 aliphatic heterocycles. The summed E-state index contributed by atoms with van der Waals surface area (Å²) in [6.07, 6.45) is 1.54. The predicted octanol–water partition coefficient (Wildman–Crippen LogP) is 3.54. The van der Waals surface area contributed by atoms with Crippen molar-refractivity contribution in [2.24, 2.45) is 0 Å². The SMILES string of the molecule is O=Cc1cc(Cl)ccc1OCC1Cc2ccccc2O1. The third-order valence-electron chi connectivity index (χ3n) is 3.24. The number of carbonyl (C=O) groups excluding carboxylic acids is 1. The molecule has 0 bridgehead atoms. The first-order valence-electron chi connectivity index (χ1n) is 6.38. The molecule has 4 heteroatoms. The van der Waals surface area contributed by atoms with E-state index < -0.39 is 0 Å². The van der Waals surface area contributed by atoms with Gasteiger partial charge in [0.25, 0.3) is 0 Å². The van der Waals surface area contributed by atoms with Gasteiger partial charge in [-0.25, -0.2) is 0 Å². The zero-order valence-electron chi connectivity index (χ0n) is 10.7. The van der Waals surface area contributed by atoms with E-state index in [2.05, 4.69) is 6.07 Å². The van der Waals surface area contributed by atoms with Crippen molar-refractivity contribution >= 4 is 17.9 Å². The minimum absolute atomic E-state index is 0.0254. The quantitative estimate of drug-likeness (QED) is 0.807. The van der Waals surface area contributed by atoms with Crippen molar-refractivity contribution < 1.29 is 14.3 Å². The lowest BCUT2D eigenvalue weighted by atomic mass is 10.1. The molecule has 102 valence electrons. The van der Waals surface area contributed by atoms with Crippen LogP contribution in [0.25, 0.3) is 0 Å². The Morgan fingerprint density at radius 1 is 1.30 bits per heavy atom. The molecule has 1 aliphatic rings. The van der Waals surface area contributed by atoms with Crippen molar-refractivity contribution in [1.29, 1.82) is 0 Å². The van der Waals surface area contributed by atoms with Gasteiger partial charge in [0, 0.05) is 11.4 Å². The van der Waals surface area contributed by atoms with Crippen molar-refractivity contribution in [1.82, 2.24) is 0 Å². The Morgan fingerprint density at radius 2 is 2.15 bits per heavy atom. The zero-order chi connectivity index (χ0) is 13.9. The van der Waals surface area contributed by atoms with Gasteiger partial charge < -0.3 is 9.47 Å². The number of para-hydroxylation sites is 1. The van der Waals surface area contributed by atoms with Gasteiger partial charge in [-0.3, -0.25) is 4.79 Å². The molecule has 0 N–H and O–H groups in total. The van der Waals surface area contributed by atoms with Gasteiger partial charge in [-0.15, -0.1) is 0 Å². The maximum Gasteiger partial charge on any atom is 0.153 e. The van der Waals surface area contributed by atoms with E-state index in [1.807, 2.05) is 18.2 Å². The molecule has 1 atom stereocenters. The normalized spacial score (nSPS) is 16.4. The van der Waals surface area contributed by atoms with Gasteiger partial charge in [-0.05, 0) is 29.8 Å². The van der Waals surface area contributed by atoms with Crippen LogP contribution >= 0.6 is 11.6 Å². The lowest BCUT2D eigenvalue weighted by Gasteiger charge is -2.13. The van der Waals surface area contributed by atoms with Gasteiger partial charge in [0.15, 0.2) is 6.29 Å². The summed E-state index contributed by atoms with van der Waals surface area (Å²) < 4.78 is 11.5. The Balaban J connectivity index is 1.66. The summed E-state index contributed by atoms with van der Waals surface area (Å²) in [4.78, 5) is 11.0. The van der Waals surface area contributed by atoms with Crippen LogP contribution in [-0.2, 0) is 6.42 Å². The third kappa shape index (κ3) is 2.63. The van der Waals surface area contributed by atoms with E-state index in [-0.39, 0.29) is 6.10 Å². The second-order valence-electron chi connectivity index (χ2n) is 4.66. The fourth-order valence-electron chi connectivity index (χ4n) is 2.27. The Bertz CT molecular complexity index is 614. The van der Waals surface area contributed by atoms with E-state index >= 15 is 0 Å². The van der Waals surface area contributed by atoms with E-state index in [1.54, 1.807) is 18.2 Å². The molecule has 0 amide bonds. The first-order valence-corrected chi connectivity index (χ1v) is 6.76. The molecule has 0 aromatic heterocycles. The molecule has 0 saturated heterocycles. The highest BCUT2D eigenvalue weighted by atomic mass is 35.5. The molecule has 0 spiro atoms. The van der Waals surface area contributed by atoms with Gasteiger partial charge in [-0.2, -0.15) is 0 Å². The van der Waals surface area contributed by atoms with Crippen LogP contribution in [0.3, 0.4) is 0 Å². The van der Waals surface area contributed by atoms with E-state index in [9.17, 15) is 4.79 Å². The summed E-state index contributed by atoms with van der Waals surface area (Å²) in [6.45, 7) is 0.400. The fourth-order valence-corrected chi connectivity index (χ4v) is 2.45. The van der Waals surface area contributed by atoms with Gasteiger partial charge in [0.2, 0.25) is 0 Å². The van der Waals surface area contributed by atoms with Crippen LogP contribution in [-0.4, -0.2) is 19.0 Å². The molecule has 0 radical (unpaired) electrons. The van der Waals surface area contributed by atoms with Crippen molar-refractivity contribution in [3.8, 4) is 11.5 Å². The van der Waals surface area contributed by atoms with Crippen LogP contribution in [0.2, 0.25) is 5.02 Å². The molecule has 20 heavy (non-hydrogen) atoms. The van der Waals surface area contributed by atoms with E-state index in [1.165, 1.54) is 5.56 Å². The van der Waals surface area contributed by atoms with Crippen LogP contribution in [0.1, 0.15) is 15.9 Å². The lowest BCUT2D eigenvalue weighted by molar-refractivity contribution is 0.111. The monoisotopic (exact) mass is 288 g/mol. The highest BCUT2D eigenvalue weighted by Crippen LogP contribution is 2.29. The number of aldehydes is 1. The predicted molar refractivity (Wildman–Crippen MR) is 76.9 cm³/mol. The maximum atomic E-state index is 11.0. The highest BCUT2D eigenvalue weighted by Gasteiger charge is 2.23. The molecular formula is C16H13ClO3. The average Bonchev–Trinajstić information content (AvgIpc) is 2.88. The second-order valence-corrected chi connectivity index (χ2v) is 5.10. The summed E-state index contributed by atoms with van der Waals surface area (Å²) in [5.41, 5.74) is 1.64. The van der Waals surface area contributed by atoms with Crippen LogP contribution in [0.5, 0.6) is 11.5 Å². The number of hydrogen-bond acceptors (Lipinski definition) is 3. The molecule has 1 unspecified atom stereocenters. The molecule has 1 heterocycles. The van der Waals surface area contributed by atoms with E-state index in [4.69, 9.17) is 21.1 Å². The van der Waals surface area contributed by atoms with E-state index in [0.717, 1.165) is 18.5 Å². The summed E-state index contributed by atoms with van der Waals surface area (Å²) in [6, 6.07) is 12.9. The molecule has 0 aliphatic carbocycles. The van der Waals surface area contributed by atoms with Crippen molar-refractivity contribution in [3.05, 3.63) is 58.6 Å². The smallest absolute Gasteiger partial charge is 0.153 e. The second kappa shape index (κ2) is 5.55. The number of halogens is 1. The van der Waals surface area contributed by atoms with Crippen molar-refractivity contribution in [3.63, 3.8) is 0 Å². The number of benzene rings is 2. The van der Waals surface area contributed by atoms with Crippen molar-refractivity contribution in [2.75, 3.05) is 6.61 Å². The minimum atomic E-state index is -0.0254. The molecule has 2 aromatic carbocycles. The Labute approximate surface area is 122 Å². The molecule has 2 aromatic rings. The van der Waals surface area contributed by atoms with Gasteiger partial charge in [0.1, 0.15) is 24.2 Å². The van der Waals surface area contributed by atoms with E-state index in [0.29, 0.717) is 22.9 Å². The topological polar surface area (TPSA) is 35.5 Å². The summed E-state index contributed by atoms with van der Waals surface area (Å²) >= 11 is 5.84. The third-order valence-corrected chi connectivity index (χ3v) is 3.47. The van der Waals surface area contributed by atoms with Crippen LogP contribution in [0, 0.1) is 0 Å². The summed E-state index contributed by atoms with van der Waals surface area (Å²) in [5, 5.41) is 0.518. The van der Waals surface area contributed by atoms with Crippen LogP contribution < -0.4 is 9.47 Å². The van der Waals surface area contributed by atoms with Crippen molar-refractivity contribution in [2.45, 2.75) is 12.5 Å².